The van der Waals surface area contributed by atoms with Crippen molar-refractivity contribution in [2.75, 3.05) is 21.1 Å². The number of benzene rings is 1. The maximum Gasteiger partial charge on any atom is 0.228 e. The van der Waals surface area contributed by atoms with Crippen LogP contribution < -0.4 is 5.32 Å². The molecule has 0 spiro atoms. The highest BCUT2D eigenvalue weighted by Gasteiger charge is 2.51. The van der Waals surface area contributed by atoms with Gasteiger partial charge in [0, 0.05) is 13.1 Å². The summed E-state index contributed by atoms with van der Waals surface area (Å²) in [6.07, 6.45) is 4.40. The van der Waals surface area contributed by atoms with E-state index in [4.69, 9.17) is 0 Å². The van der Waals surface area contributed by atoms with Gasteiger partial charge in [-0.15, -0.1) is 0 Å². The lowest BCUT2D eigenvalue weighted by atomic mass is 9.59. The van der Waals surface area contributed by atoms with Gasteiger partial charge in [0.1, 0.15) is 0 Å². The molecule has 0 heterocycles. The third kappa shape index (κ3) is 2.84. The van der Waals surface area contributed by atoms with Gasteiger partial charge in [0.05, 0.1) is 5.41 Å². The molecule has 3 nitrogen and oxygen atoms in total. The normalized spacial score (nSPS) is 27.4. The number of nitrogens with zero attached hydrogens (tertiary/aromatic N) is 1. The van der Waals surface area contributed by atoms with Gasteiger partial charge in [-0.3, -0.25) is 4.79 Å². The van der Waals surface area contributed by atoms with Gasteiger partial charge in [0.15, 0.2) is 0 Å². The Labute approximate surface area is 128 Å². The summed E-state index contributed by atoms with van der Waals surface area (Å²) in [5.41, 5.74) is 0.965. The fraction of sp³-hybridized carbons (Fsp3) is 0.611. The fourth-order valence-corrected chi connectivity index (χ4v) is 4.00. The van der Waals surface area contributed by atoms with E-state index in [9.17, 15) is 4.79 Å². The molecule has 1 N–H and O–H groups in total. The Bertz CT molecular complexity index is 471. The first-order valence-corrected chi connectivity index (χ1v) is 7.97. The van der Waals surface area contributed by atoms with Crippen LogP contribution in [0, 0.1) is 5.41 Å². The highest BCUT2D eigenvalue weighted by atomic mass is 16.2. The summed E-state index contributed by atoms with van der Waals surface area (Å²) in [5.74, 6) is 0.488. The van der Waals surface area contributed by atoms with Crippen molar-refractivity contribution in [1.29, 1.82) is 0 Å². The van der Waals surface area contributed by atoms with Crippen LogP contribution in [0.5, 0.6) is 0 Å². The van der Waals surface area contributed by atoms with E-state index in [2.05, 4.69) is 55.5 Å². The first-order chi connectivity index (χ1) is 10.0. The molecule has 3 atom stereocenters. The lowest BCUT2D eigenvalue weighted by molar-refractivity contribution is -0.138. The van der Waals surface area contributed by atoms with Crippen molar-refractivity contribution in [2.24, 2.45) is 5.41 Å². The summed E-state index contributed by atoms with van der Waals surface area (Å²) in [5, 5.41) is 2.95. The minimum absolute atomic E-state index is 0.192. The molecule has 3 unspecified atom stereocenters. The molecule has 1 amide bonds. The Morgan fingerprint density at radius 3 is 2.52 bits per heavy atom. The molecule has 0 radical (unpaired) electrons. The molecule has 1 fully saturated rings. The molecule has 1 aliphatic rings. The van der Waals surface area contributed by atoms with E-state index in [0.29, 0.717) is 5.92 Å². The molecule has 1 aromatic carbocycles. The number of rotatable bonds is 4. The predicted molar refractivity (Wildman–Crippen MR) is 87.3 cm³/mol. The lowest BCUT2D eigenvalue weighted by Crippen LogP contribution is -2.56. The Hall–Kier alpha value is -1.35. The first-order valence-electron chi connectivity index (χ1n) is 7.97. The fourth-order valence-electron chi connectivity index (χ4n) is 4.00. The van der Waals surface area contributed by atoms with Crippen LogP contribution in [0.1, 0.15) is 44.1 Å². The SMILES string of the molecule is CNC(=O)C1(C(C)N(C)C)CCCCC1c1ccccc1. The quantitative estimate of drug-likeness (QED) is 0.923. The summed E-state index contributed by atoms with van der Waals surface area (Å²) in [6, 6.07) is 10.8. The Kier molecular flexibility index (Phi) is 5.04. The second-order valence-corrected chi connectivity index (χ2v) is 6.47. The molecule has 1 aliphatic carbocycles. The highest BCUT2D eigenvalue weighted by Crippen LogP contribution is 2.50. The molecule has 116 valence electrons. The first kappa shape index (κ1) is 16.0. The van der Waals surface area contributed by atoms with E-state index in [0.717, 1.165) is 19.3 Å². The number of hydrogen-bond donors (Lipinski definition) is 1. The molecular formula is C18H28N2O. The maximum absolute atomic E-state index is 12.9. The molecule has 0 aromatic heterocycles. The van der Waals surface area contributed by atoms with Crippen molar-refractivity contribution in [2.45, 2.75) is 44.6 Å². The average Bonchev–Trinajstić information content (AvgIpc) is 2.53. The summed E-state index contributed by atoms with van der Waals surface area (Å²) < 4.78 is 0. The van der Waals surface area contributed by atoms with Gasteiger partial charge in [-0.25, -0.2) is 0 Å². The van der Waals surface area contributed by atoms with Crippen molar-refractivity contribution in [3.8, 4) is 0 Å². The minimum atomic E-state index is -0.335. The zero-order valence-corrected chi connectivity index (χ0v) is 13.7. The third-order valence-electron chi connectivity index (χ3n) is 5.33. The van der Waals surface area contributed by atoms with Crippen molar-refractivity contribution in [3.05, 3.63) is 35.9 Å². The number of carbonyl (C=O) groups excluding carboxylic acids is 1. The Balaban J connectivity index is 2.50. The van der Waals surface area contributed by atoms with Crippen LogP contribution in [0.15, 0.2) is 30.3 Å². The second-order valence-electron chi connectivity index (χ2n) is 6.47. The maximum atomic E-state index is 12.9. The van der Waals surface area contributed by atoms with Gasteiger partial charge >= 0.3 is 0 Å². The van der Waals surface area contributed by atoms with Crippen molar-refractivity contribution in [3.63, 3.8) is 0 Å². The van der Waals surface area contributed by atoms with Crippen LogP contribution in [0.3, 0.4) is 0 Å². The largest absolute Gasteiger partial charge is 0.359 e. The minimum Gasteiger partial charge on any atom is -0.359 e. The summed E-state index contributed by atoms with van der Waals surface area (Å²) in [7, 11) is 5.92. The van der Waals surface area contributed by atoms with E-state index >= 15 is 0 Å². The van der Waals surface area contributed by atoms with Gasteiger partial charge in [-0.1, -0.05) is 43.2 Å². The van der Waals surface area contributed by atoms with Gasteiger partial charge in [0.2, 0.25) is 5.91 Å². The summed E-state index contributed by atoms with van der Waals surface area (Å²) in [4.78, 5) is 15.1. The van der Waals surface area contributed by atoms with Crippen molar-refractivity contribution < 1.29 is 4.79 Å². The van der Waals surface area contributed by atoms with E-state index in [-0.39, 0.29) is 17.4 Å². The molecule has 0 saturated heterocycles. The Morgan fingerprint density at radius 2 is 1.95 bits per heavy atom. The summed E-state index contributed by atoms with van der Waals surface area (Å²) >= 11 is 0. The van der Waals surface area contributed by atoms with Crippen LogP contribution in [-0.4, -0.2) is 38.0 Å². The van der Waals surface area contributed by atoms with Crippen LogP contribution in [0.25, 0.3) is 0 Å². The highest BCUT2D eigenvalue weighted by molar-refractivity contribution is 5.84. The molecule has 0 aliphatic heterocycles. The topological polar surface area (TPSA) is 32.3 Å². The van der Waals surface area contributed by atoms with Crippen LogP contribution in [-0.2, 0) is 4.79 Å². The standard InChI is InChI=1S/C18H28N2O/c1-14(20(3)4)18(17(21)19-2)13-9-8-12-16(18)15-10-6-5-7-11-15/h5-7,10-11,14,16H,8-9,12-13H2,1-4H3,(H,19,21). The molecule has 2 rings (SSSR count). The van der Waals surface area contributed by atoms with Crippen LogP contribution in [0.2, 0.25) is 0 Å². The summed E-state index contributed by atoms with van der Waals surface area (Å²) in [6.45, 7) is 2.19. The number of hydrogen-bond acceptors (Lipinski definition) is 2. The van der Waals surface area contributed by atoms with Gasteiger partial charge < -0.3 is 10.2 Å². The number of nitrogens with one attached hydrogen (secondary N) is 1. The lowest BCUT2D eigenvalue weighted by Gasteiger charge is -2.49. The Morgan fingerprint density at radius 1 is 1.29 bits per heavy atom. The van der Waals surface area contributed by atoms with Crippen LogP contribution >= 0.6 is 0 Å². The molecule has 21 heavy (non-hydrogen) atoms. The van der Waals surface area contributed by atoms with Crippen molar-refractivity contribution >= 4 is 5.91 Å². The van der Waals surface area contributed by atoms with E-state index in [1.165, 1.54) is 12.0 Å². The number of amides is 1. The molecule has 0 bridgehead atoms. The molecule has 1 aromatic rings. The van der Waals surface area contributed by atoms with Gasteiger partial charge in [-0.2, -0.15) is 0 Å². The van der Waals surface area contributed by atoms with E-state index in [1.807, 2.05) is 6.07 Å². The van der Waals surface area contributed by atoms with Crippen LogP contribution in [0.4, 0.5) is 0 Å². The zero-order chi connectivity index (χ0) is 15.5. The molecule has 3 heteroatoms. The van der Waals surface area contributed by atoms with Crippen molar-refractivity contribution in [1.82, 2.24) is 10.2 Å². The van der Waals surface area contributed by atoms with E-state index < -0.39 is 0 Å². The third-order valence-corrected chi connectivity index (χ3v) is 5.33. The zero-order valence-electron chi connectivity index (χ0n) is 13.7. The second kappa shape index (κ2) is 6.61. The van der Waals surface area contributed by atoms with Gasteiger partial charge in [0.25, 0.3) is 0 Å². The monoisotopic (exact) mass is 288 g/mol. The smallest absolute Gasteiger partial charge is 0.228 e. The molecule has 1 saturated carbocycles. The van der Waals surface area contributed by atoms with Gasteiger partial charge in [-0.05, 0) is 45.3 Å². The van der Waals surface area contributed by atoms with E-state index in [1.54, 1.807) is 7.05 Å². The average molecular weight is 288 g/mol. The predicted octanol–water partition coefficient (Wildman–Crippen LogP) is 3.03. The molecular weight excluding hydrogens is 260 g/mol. The number of carbonyl (C=O) groups is 1.